The summed E-state index contributed by atoms with van der Waals surface area (Å²) in [7, 11) is 0. The van der Waals surface area contributed by atoms with Crippen molar-refractivity contribution in [1.29, 1.82) is 0 Å². The highest BCUT2D eigenvalue weighted by atomic mass is 32.2. The molecule has 170 valence electrons. The van der Waals surface area contributed by atoms with Crippen LogP contribution >= 0.6 is 23.1 Å². The number of thioether (sulfide) groups is 1. The first kappa shape index (κ1) is 22.7. The molecule has 0 aliphatic carbocycles. The largest absolute Gasteiger partial charge is 0.348 e. The molecule has 1 N–H and O–H groups in total. The van der Waals surface area contributed by atoms with Crippen molar-refractivity contribution in [2.75, 3.05) is 29.1 Å². The number of carbonyl (C=O) groups excluding carboxylic acids is 1. The van der Waals surface area contributed by atoms with Gasteiger partial charge in [-0.1, -0.05) is 42.2 Å². The Hall–Kier alpha value is -2.46. The summed E-state index contributed by atoms with van der Waals surface area (Å²) in [6, 6.07) is 5.88. The number of amides is 1. The Labute approximate surface area is 194 Å². The first-order valence-corrected chi connectivity index (χ1v) is 12.5. The molecule has 0 spiro atoms. The van der Waals surface area contributed by atoms with Gasteiger partial charge < -0.3 is 10.2 Å². The quantitative estimate of drug-likeness (QED) is 0.417. The van der Waals surface area contributed by atoms with Gasteiger partial charge in [0.2, 0.25) is 5.91 Å². The smallest absolute Gasteiger partial charge is 0.274 e. The second kappa shape index (κ2) is 9.58. The Bertz CT molecular complexity index is 1180. The molecular weight excluding hydrogens is 449 g/mol. The molecule has 4 rings (SSSR count). The molecular formula is C22H26FN5O2S2. The fourth-order valence-corrected chi connectivity index (χ4v) is 5.54. The van der Waals surface area contributed by atoms with Gasteiger partial charge in [0.05, 0.1) is 11.4 Å². The van der Waals surface area contributed by atoms with E-state index in [0.29, 0.717) is 21.4 Å². The van der Waals surface area contributed by atoms with E-state index in [1.807, 2.05) is 13.8 Å². The Balaban J connectivity index is 1.57. The second-order valence-electron chi connectivity index (χ2n) is 8.30. The van der Waals surface area contributed by atoms with Gasteiger partial charge in [-0.2, -0.15) is 4.98 Å². The minimum atomic E-state index is -0.494. The summed E-state index contributed by atoms with van der Waals surface area (Å²) in [6.07, 6.45) is 2.22. The Morgan fingerprint density at radius 1 is 1.28 bits per heavy atom. The summed E-state index contributed by atoms with van der Waals surface area (Å²) in [5, 5.41) is 3.82. The van der Waals surface area contributed by atoms with Crippen LogP contribution in [0.2, 0.25) is 0 Å². The number of anilines is 2. The zero-order valence-corrected chi connectivity index (χ0v) is 19.9. The van der Waals surface area contributed by atoms with Crippen LogP contribution in [0, 0.1) is 11.7 Å². The third-order valence-corrected chi connectivity index (χ3v) is 7.52. The van der Waals surface area contributed by atoms with Crippen LogP contribution in [0.15, 0.2) is 34.2 Å². The average molecular weight is 476 g/mol. The Kier molecular flexibility index (Phi) is 6.80. The average Bonchev–Trinajstić information content (AvgIpc) is 3.19. The standard InChI is InChI=1S/C22H26FN5O2S2/c1-13(2)28-20(30)18-19(25-21(32-18)27-10-8-14(3)9-11-27)26-22(28)31-12-17(29)24-16-7-5-4-6-15(16)23/h4-7,13-14H,8-12H2,1-3H3,(H,24,29). The van der Waals surface area contributed by atoms with Crippen molar-refractivity contribution >= 4 is 50.2 Å². The van der Waals surface area contributed by atoms with Crippen molar-refractivity contribution in [2.24, 2.45) is 5.92 Å². The van der Waals surface area contributed by atoms with E-state index in [1.54, 1.807) is 16.7 Å². The fraction of sp³-hybridized carbons (Fsp3) is 0.455. The number of benzene rings is 1. The van der Waals surface area contributed by atoms with E-state index in [4.69, 9.17) is 0 Å². The first-order chi connectivity index (χ1) is 15.3. The number of hydrogen-bond acceptors (Lipinski definition) is 7. The van der Waals surface area contributed by atoms with E-state index in [1.165, 1.54) is 23.5 Å². The molecule has 1 amide bonds. The van der Waals surface area contributed by atoms with Gasteiger partial charge in [-0.25, -0.2) is 9.37 Å². The molecule has 3 heterocycles. The number of fused-ring (bicyclic) bond motifs is 1. The zero-order valence-electron chi connectivity index (χ0n) is 18.3. The highest BCUT2D eigenvalue weighted by Gasteiger charge is 2.23. The number of piperidine rings is 1. The highest BCUT2D eigenvalue weighted by molar-refractivity contribution is 7.99. The molecule has 1 aromatic carbocycles. The maximum atomic E-state index is 13.8. The third-order valence-electron chi connectivity index (χ3n) is 5.47. The van der Waals surface area contributed by atoms with Crippen LogP contribution in [0.1, 0.15) is 39.7 Å². The number of carbonyl (C=O) groups is 1. The van der Waals surface area contributed by atoms with Gasteiger partial charge in [-0.15, -0.1) is 0 Å². The fourth-order valence-electron chi connectivity index (χ4n) is 3.63. The minimum Gasteiger partial charge on any atom is -0.348 e. The molecule has 32 heavy (non-hydrogen) atoms. The number of halogens is 1. The minimum absolute atomic E-state index is 0.00000860. The van der Waals surface area contributed by atoms with Gasteiger partial charge in [-0.05, 0) is 44.7 Å². The maximum Gasteiger partial charge on any atom is 0.274 e. The molecule has 2 aromatic heterocycles. The predicted molar refractivity (Wildman–Crippen MR) is 128 cm³/mol. The lowest BCUT2D eigenvalue weighted by Crippen LogP contribution is -2.32. The maximum absolute atomic E-state index is 13.8. The van der Waals surface area contributed by atoms with Crippen LogP contribution in [0.25, 0.3) is 10.3 Å². The molecule has 10 heteroatoms. The van der Waals surface area contributed by atoms with Crippen molar-refractivity contribution in [3.05, 3.63) is 40.4 Å². The second-order valence-corrected chi connectivity index (χ2v) is 10.2. The van der Waals surface area contributed by atoms with Gasteiger partial charge in [0.25, 0.3) is 5.56 Å². The van der Waals surface area contributed by atoms with Crippen LogP contribution in [0.3, 0.4) is 0 Å². The van der Waals surface area contributed by atoms with Gasteiger partial charge >= 0.3 is 0 Å². The summed E-state index contributed by atoms with van der Waals surface area (Å²) in [6.45, 7) is 7.93. The van der Waals surface area contributed by atoms with E-state index < -0.39 is 5.82 Å². The molecule has 0 atom stereocenters. The molecule has 0 radical (unpaired) electrons. The van der Waals surface area contributed by atoms with Crippen LogP contribution < -0.4 is 15.8 Å². The monoisotopic (exact) mass is 475 g/mol. The number of rotatable bonds is 6. The lowest BCUT2D eigenvalue weighted by atomic mass is 10.00. The number of thiazole rings is 1. The summed E-state index contributed by atoms with van der Waals surface area (Å²) in [4.78, 5) is 37.1. The Morgan fingerprint density at radius 2 is 2.00 bits per heavy atom. The van der Waals surface area contributed by atoms with Crippen molar-refractivity contribution in [3.63, 3.8) is 0 Å². The van der Waals surface area contributed by atoms with Crippen LogP contribution in [0.5, 0.6) is 0 Å². The molecule has 1 saturated heterocycles. The van der Waals surface area contributed by atoms with Gasteiger partial charge in [0.1, 0.15) is 10.5 Å². The van der Waals surface area contributed by atoms with Gasteiger partial charge in [0, 0.05) is 19.1 Å². The summed E-state index contributed by atoms with van der Waals surface area (Å²) >= 11 is 2.54. The molecule has 3 aromatic rings. The lowest BCUT2D eigenvalue weighted by Gasteiger charge is -2.29. The Morgan fingerprint density at radius 3 is 2.69 bits per heavy atom. The molecule has 1 aliphatic rings. The summed E-state index contributed by atoms with van der Waals surface area (Å²) < 4.78 is 15.9. The lowest BCUT2D eigenvalue weighted by molar-refractivity contribution is -0.113. The van der Waals surface area contributed by atoms with Gasteiger partial charge in [-0.3, -0.25) is 14.2 Å². The highest BCUT2D eigenvalue weighted by Crippen LogP contribution is 2.31. The topological polar surface area (TPSA) is 80.1 Å². The molecule has 1 aliphatic heterocycles. The van der Waals surface area contributed by atoms with E-state index in [0.717, 1.165) is 42.8 Å². The molecule has 7 nitrogen and oxygen atoms in total. The zero-order chi connectivity index (χ0) is 22.8. The van der Waals surface area contributed by atoms with E-state index >= 15 is 0 Å². The van der Waals surface area contributed by atoms with Crippen molar-refractivity contribution < 1.29 is 9.18 Å². The predicted octanol–water partition coefficient (Wildman–Crippen LogP) is 4.54. The van der Waals surface area contributed by atoms with E-state index in [2.05, 4.69) is 27.1 Å². The summed E-state index contributed by atoms with van der Waals surface area (Å²) in [5.41, 5.74) is 0.404. The number of nitrogens with one attached hydrogen (secondary N) is 1. The number of nitrogens with zero attached hydrogens (tertiary/aromatic N) is 4. The number of para-hydroxylation sites is 1. The van der Waals surface area contributed by atoms with Gasteiger partial charge in [0.15, 0.2) is 15.9 Å². The molecule has 0 bridgehead atoms. The van der Waals surface area contributed by atoms with Crippen LogP contribution in [-0.2, 0) is 4.79 Å². The summed E-state index contributed by atoms with van der Waals surface area (Å²) in [5.74, 6) is -0.159. The van der Waals surface area contributed by atoms with Crippen LogP contribution in [-0.4, -0.2) is 39.3 Å². The first-order valence-electron chi connectivity index (χ1n) is 10.7. The third kappa shape index (κ3) is 4.80. The van der Waals surface area contributed by atoms with E-state index in [9.17, 15) is 14.0 Å². The molecule has 1 fully saturated rings. The SMILES string of the molecule is CC1CCN(c2nc3nc(SCC(=O)Nc4ccccc4F)n(C(C)C)c(=O)c3s2)CC1. The molecule has 0 unspecified atom stereocenters. The van der Waals surface area contributed by atoms with Crippen molar-refractivity contribution in [3.8, 4) is 0 Å². The van der Waals surface area contributed by atoms with Crippen LogP contribution in [0.4, 0.5) is 15.2 Å². The number of aromatic nitrogens is 3. The normalized spacial score (nSPS) is 15.0. The van der Waals surface area contributed by atoms with Crippen molar-refractivity contribution in [1.82, 2.24) is 14.5 Å². The number of hydrogen-bond donors (Lipinski definition) is 1. The van der Waals surface area contributed by atoms with Crippen molar-refractivity contribution in [2.45, 2.75) is 44.8 Å². The van der Waals surface area contributed by atoms with E-state index in [-0.39, 0.29) is 28.9 Å². The molecule has 0 saturated carbocycles.